The Morgan fingerprint density at radius 2 is 2.12 bits per heavy atom. The van der Waals surface area contributed by atoms with Gasteiger partial charge in [-0.05, 0) is 51.3 Å². The quantitative estimate of drug-likeness (QED) is 0.897. The Morgan fingerprint density at radius 1 is 1.36 bits per heavy atom. The van der Waals surface area contributed by atoms with E-state index in [4.69, 9.17) is 0 Å². The van der Waals surface area contributed by atoms with Crippen LogP contribution in [0, 0.1) is 6.92 Å². The smallest absolute Gasteiger partial charge is 0.318 e. The maximum atomic E-state index is 12.6. The molecule has 1 fully saturated rings. The van der Waals surface area contributed by atoms with Gasteiger partial charge in [-0.15, -0.1) is 0 Å². The molecule has 0 radical (unpaired) electrons. The molecule has 1 aromatic heterocycles. The predicted molar refractivity (Wildman–Crippen MR) is 96.6 cm³/mol. The van der Waals surface area contributed by atoms with Crippen LogP contribution in [0.5, 0.6) is 0 Å². The first-order valence-electron chi connectivity index (χ1n) is 8.73. The van der Waals surface area contributed by atoms with Gasteiger partial charge in [-0.25, -0.2) is 9.48 Å². The zero-order valence-corrected chi connectivity index (χ0v) is 15.1. The largest absolute Gasteiger partial charge is 0.388 e. The number of para-hydroxylation sites is 1. The first kappa shape index (κ1) is 17.5. The number of hydrogen-bond donors (Lipinski definition) is 2. The standard InChI is InChI=1S/C19H26N4O2/c1-14-10-12-23(21-14)16-8-5-4-7-15(16)13-20-18(24)22-11-6-9-17(22)19(2,3)25/h4-5,7-8,10,12,17,25H,6,9,11,13H2,1-3H3,(H,20,24). The van der Waals surface area contributed by atoms with E-state index >= 15 is 0 Å². The number of likely N-dealkylation sites (tertiary alicyclic amines) is 1. The van der Waals surface area contributed by atoms with Crippen molar-refractivity contribution in [3.63, 3.8) is 0 Å². The molecule has 1 aliphatic heterocycles. The van der Waals surface area contributed by atoms with E-state index < -0.39 is 5.60 Å². The summed E-state index contributed by atoms with van der Waals surface area (Å²) in [5.41, 5.74) is 2.01. The van der Waals surface area contributed by atoms with Crippen LogP contribution in [0.1, 0.15) is 37.9 Å². The average Bonchev–Trinajstić information content (AvgIpc) is 3.21. The molecule has 3 rings (SSSR count). The second-order valence-electron chi connectivity index (χ2n) is 7.19. The van der Waals surface area contributed by atoms with Gasteiger partial charge in [-0.2, -0.15) is 5.10 Å². The number of amides is 2. The molecule has 6 heteroatoms. The lowest BCUT2D eigenvalue weighted by Crippen LogP contribution is -2.51. The van der Waals surface area contributed by atoms with Crippen LogP contribution < -0.4 is 5.32 Å². The molecular formula is C19H26N4O2. The maximum Gasteiger partial charge on any atom is 0.318 e. The number of hydrogen-bond acceptors (Lipinski definition) is 3. The van der Waals surface area contributed by atoms with Gasteiger partial charge in [0.2, 0.25) is 0 Å². The Kier molecular flexibility index (Phi) is 4.81. The second kappa shape index (κ2) is 6.88. The first-order chi connectivity index (χ1) is 11.9. The highest BCUT2D eigenvalue weighted by molar-refractivity contribution is 5.75. The van der Waals surface area contributed by atoms with Crippen molar-refractivity contribution in [2.75, 3.05) is 6.54 Å². The Labute approximate surface area is 148 Å². The van der Waals surface area contributed by atoms with Crippen molar-refractivity contribution in [3.05, 3.63) is 47.8 Å². The normalized spacial score (nSPS) is 17.8. The summed E-state index contributed by atoms with van der Waals surface area (Å²) >= 11 is 0. The average molecular weight is 342 g/mol. The Bertz CT molecular complexity index is 748. The fourth-order valence-corrected chi connectivity index (χ4v) is 3.45. The van der Waals surface area contributed by atoms with E-state index in [0.717, 1.165) is 29.8 Å². The van der Waals surface area contributed by atoms with E-state index in [1.54, 1.807) is 18.7 Å². The monoisotopic (exact) mass is 342 g/mol. The number of benzene rings is 1. The highest BCUT2D eigenvalue weighted by Gasteiger charge is 2.38. The van der Waals surface area contributed by atoms with E-state index in [2.05, 4.69) is 10.4 Å². The zero-order valence-electron chi connectivity index (χ0n) is 15.1. The van der Waals surface area contributed by atoms with Crippen LogP contribution in [0.25, 0.3) is 5.69 Å². The Hall–Kier alpha value is -2.34. The third-order valence-corrected chi connectivity index (χ3v) is 4.72. The third kappa shape index (κ3) is 3.85. The summed E-state index contributed by atoms with van der Waals surface area (Å²) in [6.07, 6.45) is 3.67. The van der Waals surface area contributed by atoms with Gasteiger partial charge in [0.25, 0.3) is 0 Å². The van der Waals surface area contributed by atoms with Gasteiger partial charge in [-0.3, -0.25) is 0 Å². The maximum absolute atomic E-state index is 12.6. The third-order valence-electron chi connectivity index (χ3n) is 4.72. The molecule has 0 spiro atoms. The molecule has 0 aliphatic carbocycles. The summed E-state index contributed by atoms with van der Waals surface area (Å²) < 4.78 is 1.83. The summed E-state index contributed by atoms with van der Waals surface area (Å²) in [6.45, 7) is 6.58. The van der Waals surface area contributed by atoms with E-state index in [9.17, 15) is 9.90 Å². The van der Waals surface area contributed by atoms with Crippen molar-refractivity contribution < 1.29 is 9.90 Å². The van der Waals surface area contributed by atoms with E-state index in [1.165, 1.54) is 0 Å². The molecule has 6 nitrogen and oxygen atoms in total. The molecule has 1 aliphatic rings. The second-order valence-corrected chi connectivity index (χ2v) is 7.19. The molecular weight excluding hydrogens is 316 g/mol. The molecule has 25 heavy (non-hydrogen) atoms. The van der Waals surface area contributed by atoms with Crippen LogP contribution in [-0.4, -0.2) is 44.0 Å². The molecule has 0 bridgehead atoms. The first-order valence-corrected chi connectivity index (χ1v) is 8.73. The number of aromatic nitrogens is 2. The van der Waals surface area contributed by atoms with Crippen LogP contribution in [0.15, 0.2) is 36.5 Å². The van der Waals surface area contributed by atoms with Crippen LogP contribution in [-0.2, 0) is 6.54 Å². The van der Waals surface area contributed by atoms with Gasteiger partial charge in [0.1, 0.15) is 0 Å². The SMILES string of the molecule is Cc1ccn(-c2ccccc2CNC(=O)N2CCCC2C(C)(C)O)n1. The minimum atomic E-state index is -0.891. The number of urea groups is 1. The minimum absolute atomic E-state index is 0.129. The molecule has 0 saturated carbocycles. The number of carbonyl (C=O) groups excluding carboxylic acids is 1. The van der Waals surface area contributed by atoms with Gasteiger partial charge in [0, 0.05) is 19.3 Å². The molecule has 1 aromatic carbocycles. The Balaban J connectivity index is 1.71. The lowest BCUT2D eigenvalue weighted by molar-refractivity contribution is 0.00978. The predicted octanol–water partition coefficient (Wildman–Crippen LogP) is 2.63. The van der Waals surface area contributed by atoms with Gasteiger partial charge in [0.05, 0.1) is 23.0 Å². The topological polar surface area (TPSA) is 70.4 Å². The van der Waals surface area contributed by atoms with E-state index in [1.807, 2.05) is 48.1 Å². The minimum Gasteiger partial charge on any atom is -0.388 e. The summed E-state index contributed by atoms with van der Waals surface area (Å²) in [4.78, 5) is 14.4. The van der Waals surface area contributed by atoms with Crippen LogP contribution in [0.4, 0.5) is 4.79 Å². The highest BCUT2D eigenvalue weighted by Crippen LogP contribution is 2.26. The summed E-state index contributed by atoms with van der Waals surface area (Å²) in [5, 5.41) is 17.7. The van der Waals surface area contributed by atoms with Gasteiger partial charge in [0.15, 0.2) is 0 Å². The van der Waals surface area contributed by atoms with Crippen LogP contribution in [0.3, 0.4) is 0 Å². The summed E-state index contributed by atoms with van der Waals surface area (Å²) in [6, 6.07) is 9.58. The lowest BCUT2D eigenvalue weighted by atomic mass is 9.97. The van der Waals surface area contributed by atoms with Gasteiger partial charge >= 0.3 is 6.03 Å². The van der Waals surface area contributed by atoms with Crippen LogP contribution >= 0.6 is 0 Å². The van der Waals surface area contributed by atoms with Gasteiger partial charge in [-0.1, -0.05) is 18.2 Å². The highest BCUT2D eigenvalue weighted by atomic mass is 16.3. The fraction of sp³-hybridized carbons (Fsp3) is 0.474. The number of nitrogens with zero attached hydrogens (tertiary/aromatic N) is 3. The van der Waals surface area contributed by atoms with Crippen molar-refractivity contribution in [2.24, 2.45) is 0 Å². The molecule has 134 valence electrons. The molecule has 2 amide bonds. The summed E-state index contributed by atoms with van der Waals surface area (Å²) in [5.74, 6) is 0. The number of aliphatic hydroxyl groups is 1. The molecule has 1 saturated heterocycles. The molecule has 1 atom stereocenters. The Morgan fingerprint density at radius 3 is 2.80 bits per heavy atom. The van der Waals surface area contributed by atoms with Crippen molar-refractivity contribution in [2.45, 2.75) is 51.8 Å². The number of carbonyl (C=O) groups is 1. The van der Waals surface area contributed by atoms with Gasteiger partial charge < -0.3 is 15.3 Å². The molecule has 2 heterocycles. The number of nitrogens with one attached hydrogen (secondary N) is 1. The van der Waals surface area contributed by atoms with Crippen molar-refractivity contribution >= 4 is 6.03 Å². The molecule has 2 aromatic rings. The van der Waals surface area contributed by atoms with Crippen molar-refractivity contribution in [3.8, 4) is 5.69 Å². The van der Waals surface area contributed by atoms with E-state index in [0.29, 0.717) is 13.1 Å². The fourth-order valence-electron chi connectivity index (χ4n) is 3.45. The molecule has 1 unspecified atom stereocenters. The van der Waals surface area contributed by atoms with Crippen molar-refractivity contribution in [1.29, 1.82) is 0 Å². The number of aryl methyl sites for hydroxylation is 1. The van der Waals surface area contributed by atoms with Crippen molar-refractivity contribution in [1.82, 2.24) is 20.0 Å². The molecule has 2 N–H and O–H groups in total. The zero-order chi connectivity index (χ0) is 18.0. The van der Waals surface area contributed by atoms with E-state index in [-0.39, 0.29) is 12.1 Å². The summed E-state index contributed by atoms with van der Waals surface area (Å²) in [7, 11) is 0. The lowest BCUT2D eigenvalue weighted by Gasteiger charge is -2.33. The number of rotatable bonds is 4. The van der Waals surface area contributed by atoms with Crippen LogP contribution in [0.2, 0.25) is 0 Å².